The van der Waals surface area contributed by atoms with Crippen molar-refractivity contribution in [3.63, 3.8) is 0 Å². The molecule has 2 aliphatic rings. The largest absolute Gasteiger partial charge is 0.345 e. The maximum Gasteiger partial charge on any atom is 0.246 e. The second-order valence-electron chi connectivity index (χ2n) is 4.64. The van der Waals surface area contributed by atoms with Crippen LogP contribution in [0.5, 0.6) is 0 Å². The van der Waals surface area contributed by atoms with Crippen LogP contribution in [0.4, 0.5) is 5.69 Å². The van der Waals surface area contributed by atoms with Gasteiger partial charge in [0.15, 0.2) is 0 Å². The Hall–Kier alpha value is -1.88. The third-order valence-electron chi connectivity index (χ3n) is 3.43. The molecule has 5 nitrogen and oxygen atoms in total. The van der Waals surface area contributed by atoms with Crippen molar-refractivity contribution in [1.82, 2.24) is 10.6 Å². The van der Waals surface area contributed by atoms with E-state index in [0.29, 0.717) is 0 Å². The zero-order chi connectivity index (χ0) is 12.5. The van der Waals surface area contributed by atoms with Gasteiger partial charge in [0.25, 0.3) is 0 Å². The summed E-state index contributed by atoms with van der Waals surface area (Å²) in [6, 6.07) is 6.00. The fraction of sp³-hybridized carbons (Fsp3) is 0.385. The normalized spacial score (nSPS) is 19.4. The molecular formula is C13H15N3O2. The zero-order valence-electron chi connectivity index (χ0n) is 10.0. The molecule has 0 unspecified atom stereocenters. The van der Waals surface area contributed by atoms with Crippen LogP contribution in [0.2, 0.25) is 0 Å². The molecule has 1 saturated heterocycles. The Labute approximate surface area is 105 Å². The lowest BCUT2D eigenvalue weighted by atomic mass is 10.00. The molecule has 0 saturated carbocycles. The molecule has 2 heterocycles. The first-order valence-corrected chi connectivity index (χ1v) is 6.13. The molecule has 0 bridgehead atoms. The van der Waals surface area contributed by atoms with Crippen LogP contribution < -0.4 is 15.5 Å². The summed E-state index contributed by atoms with van der Waals surface area (Å²) in [5, 5.41) is 5.86. The number of benzene rings is 1. The fourth-order valence-corrected chi connectivity index (χ4v) is 2.43. The highest BCUT2D eigenvalue weighted by Gasteiger charge is 2.25. The maximum atomic E-state index is 11.8. The molecule has 1 fully saturated rings. The lowest BCUT2D eigenvalue weighted by Gasteiger charge is -2.28. The number of hydrogen-bond donors (Lipinski definition) is 2. The summed E-state index contributed by atoms with van der Waals surface area (Å²) in [4.78, 5) is 24.7. The highest BCUT2D eigenvalue weighted by atomic mass is 16.2. The number of nitrogens with one attached hydrogen (secondary N) is 2. The van der Waals surface area contributed by atoms with Crippen LogP contribution in [-0.4, -0.2) is 31.4 Å². The van der Waals surface area contributed by atoms with Crippen molar-refractivity contribution < 1.29 is 9.59 Å². The minimum Gasteiger partial charge on any atom is -0.345 e. The van der Waals surface area contributed by atoms with Crippen LogP contribution in [0, 0.1) is 0 Å². The van der Waals surface area contributed by atoms with Crippen LogP contribution in [0.1, 0.15) is 11.1 Å². The summed E-state index contributed by atoms with van der Waals surface area (Å²) in [7, 11) is 0. The second kappa shape index (κ2) is 4.42. The van der Waals surface area contributed by atoms with Gasteiger partial charge in [-0.15, -0.1) is 0 Å². The first kappa shape index (κ1) is 11.2. The molecule has 2 N–H and O–H groups in total. The van der Waals surface area contributed by atoms with Gasteiger partial charge in [0.2, 0.25) is 11.8 Å². The van der Waals surface area contributed by atoms with Gasteiger partial charge in [-0.1, -0.05) is 6.07 Å². The summed E-state index contributed by atoms with van der Waals surface area (Å²) >= 11 is 0. The predicted molar refractivity (Wildman–Crippen MR) is 67.2 cm³/mol. The van der Waals surface area contributed by atoms with E-state index in [1.807, 2.05) is 12.1 Å². The topological polar surface area (TPSA) is 61.4 Å². The van der Waals surface area contributed by atoms with E-state index in [2.05, 4.69) is 16.7 Å². The van der Waals surface area contributed by atoms with E-state index in [-0.39, 0.29) is 24.9 Å². The Morgan fingerprint density at radius 2 is 2.00 bits per heavy atom. The Morgan fingerprint density at radius 1 is 1.11 bits per heavy atom. The van der Waals surface area contributed by atoms with Gasteiger partial charge in [-0.05, 0) is 36.2 Å². The van der Waals surface area contributed by atoms with Crippen LogP contribution in [0.3, 0.4) is 0 Å². The first-order valence-electron chi connectivity index (χ1n) is 6.13. The van der Waals surface area contributed by atoms with Crippen molar-refractivity contribution in [2.24, 2.45) is 0 Å². The van der Waals surface area contributed by atoms with E-state index in [1.54, 1.807) is 4.90 Å². The van der Waals surface area contributed by atoms with Gasteiger partial charge in [-0.25, -0.2) is 0 Å². The number of hydrogen-bond acceptors (Lipinski definition) is 3. The van der Waals surface area contributed by atoms with E-state index in [0.717, 1.165) is 25.2 Å². The fourth-order valence-electron chi connectivity index (χ4n) is 2.43. The van der Waals surface area contributed by atoms with E-state index >= 15 is 0 Å². The number of nitrogens with zero attached hydrogens (tertiary/aromatic N) is 1. The van der Waals surface area contributed by atoms with Crippen LogP contribution >= 0.6 is 0 Å². The molecule has 2 aliphatic heterocycles. The first-order chi connectivity index (χ1) is 8.74. The lowest BCUT2D eigenvalue weighted by molar-refractivity contribution is -0.128. The monoisotopic (exact) mass is 245 g/mol. The molecule has 0 spiro atoms. The van der Waals surface area contributed by atoms with Crippen molar-refractivity contribution in [3.8, 4) is 0 Å². The van der Waals surface area contributed by atoms with Gasteiger partial charge in [-0.3, -0.25) is 9.59 Å². The van der Waals surface area contributed by atoms with Gasteiger partial charge in [0, 0.05) is 12.2 Å². The SMILES string of the molecule is O=C1CN(c2ccc3c(c2)CNCC3)C(=O)CN1. The highest BCUT2D eigenvalue weighted by molar-refractivity contribution is 6.04. The Bertz CT molecular complexity index is 513. The van der Waals surface area contributed by atoms with Gasteiger partial charge in [0.05, 0.1) is 6.54 Å². The molecular weight excluding hydrogens is 230 g/mol. The average Bonchev–Trinajstić information content (AvgIpc) is 2.41. The van der Waals surface area contributed by atoms with Crippen LogP contribution in [0.15, 0.2) is 18.2 Å². The summed E-state index contributed by atoms with van der Waals surface area (Å²) in [6.07, 6.45) is 1.02. The number of fused-ring (bicyclic) bond motifs is 1. The molecule has 94 valence electrons. The number of carbonyl (C=O) groups excluding carboxylic acids is 2. The maximum absolute atomic E-state index is 11.8. The third kappa shape index (κ3) is 1.97. The summed E-state index contributed by atoms with van der Waals surface area (Å²) < 4.78 is 0. The second-order valence-corrected chi connectivity index (χ2v) is 4.64. The van der Waals surface area contributed by atoms with E-state index in [1.165, 1.54) is 11.1 Å². The number of carbonyl (C=O) groups is 2. The molecule has 1 aromatic rings. The van der Waals surface area contributed by atoms with Crippen LogP contribution in [-0.2, 0) is 22.6 Å². The van der Waals surface area contributed by atoms with Crippen molar-refractivity contribution in [3.05, 3.63) is 29.3 Å². The molecule has 0 atom stereocenters. The molecule has 1 aromatic carbocycles. The van der Waals surface area contributed by atoms with Crippen molar-refractivity contribution >= 4 is 17.5 Å². The molecule has 0 aromatic heterocycles. The van der Waals surface area contributed by atoms with Gasteiger partial charge in [-0.2, -0.15) is 0 Å². The summed E-state index contributed by atoms with van der Waals surface area (Å²) in [5.74, 6) is -0.163. The predicted octanol–water partition coefficient (Wildman–Crippen LogP) is -0.205. The van der Waals surface area contributed by atoms with E-state index in [4.69, 9.17) is 0 Å². The quantitative estimate of drug-likeness (QED) is 0.720. The van der Waals surface area contributed by atoms with Gasteiger partial charge < -0.3 is 15.5 Å². The number of amides is 2. The lowest BCUT2D eigenvalue weighted by Crippen LogP contribution is -2.51. The van der Waals surface area contributed by atoms with Crippen LogP contribution in [0.25, 0.3) is 0 Å². The highest BCUT2D eigenvalue weighted by Crippen LogP contribution is 2.22. The van der Waals surface area contributed by atoms with E-state index in [9.17, 15) is 9.59 Å². The summed E-state index contributed by atoms with van der Waals surface area (Å²) in [6.45, 7) is 2.04. The Morgan fingerprint density at radius 3 is 2.89 bits per heavy atom. The molecule has 0 radical (unpaired) electrons. The molecule has 3 rings (SSSR count). The number of piperazine rings is 1. The standard InChI is InChI=1S/C13H15N3O2/c17-12-8-16(13(18)7-15-12)11-2-1-9-3-4-14-6-10(9)5-11/h1-2,5,14H,3-4,6-8H2,(H,15,17). The third-order valence-corrected chi connectivity index (χ3v) is 3.43. The van der Waals surface area contributed by atoms with Gasteiger partial charge >= 0.3 is 0 Å². The van der Waals surface area contributed by atoms with Crippen molar-refractivity contribution in [2.75, 3.05) is 24.5 Å². The number of rotatable bonds is 1. The minimum atomic E-state index is -0.106. The molecule has 2 amide bonds. The molecule has 5 heteroatoms. The average molecular weight is 245 g/mol. The minimum absolute atomic E-state index is 0.0571. The van der Waals surface area contributed by atoms with E-state index < -0.39 is 0 Å². The zero-order valence-corrected chi connectivity index (χ0v) is 10.0. The Balaban J connectivity index is 1.91. The van der Waals surface area contributed by atoms with Gasteiger partial charge in [0.1, 0.15) is 6.54 Å². The van der Waals surface area contributed by atoms with Crippen molar-refractivity contribution in [2.45, 2.75) is 13.0 Å². The smallest absolute Gasteiger partial charge is 0.246 e. The van der Waals surface area contributed by atoms with Crippen molar-refractivity contribution in [1.29, 1.82) is 0 Å². The summed E-state index contributed by atoms with van der Waals surface area (Å²) in [5.41, 5.74) is 3.36. The number of anilines is 1. The molecule has 18 heavy (non-hydrogen) atoms. The molecule has 0 aliphatic carbocycles. The Kier molecular flexibility index (Phi) is 2.76.